The van der Waals surface area contributed by atoms with E-state index in [-0.39, 0.29) is 24.1 Å². The van der Waals surface area contributed by atoms with Gasteiger partial charge in [0.25, 0.3) is 0 Å². The van der Waals surface area contributed by atoms with Crippen LogP contribution in [-0.2, 0) is 4.79 Å². The zero-order valence-corrected chi connectivity index (χ0v) is 14.7. The van der Waals surface area contributed by atoms with Gasteiger partial charge in [-0.2, -0.15) is 4.98 Å². The highest BCUT2D eigenvalue weighted by Gasteiger charge is 2.35. The van der Waals surface area contributed by atoms with Crippen molar-refractivity contribution in [3.05, 3.63) is 64.8 Å². The van der Waals surface area contributed by atoms with E-state index >= 15 is 0 Å². The van der Waals surface area contributed by atoms with E-state index in [1.807, 2.05) is 13.0 Å². The van der Waals surface area contributed by atoms with Crippen molar-refractivity contribution in [2.75, 3.05) is 11.4 Å². The number of carbonyl (C=O) groups is 1. The summed E-state index contributed by atoms with van der Waals surface area (Å²) in [5.74, 6) is 0.251. The number of aryl methyl sites for hydroxylation is 1. The quantitative estimate of drug-likeness (QED) is 0.686. The number of nitrogens with zero attached hydrogens (tertiary/aromatic N) is 3. The summed E-state index contributed by atoms with van der Waals surface area (Å²) in [5, 5.41) is 4.54. The molecule has 1 aliphatic heterocycles. The molecule has 1 unspecified atom stereocenters. The topological polar surface area (TPSA) is 59.2 Å². The van der Waals surface area contributed by atoms with E-state index in [0.29, 0.717) is 28.8 Å². The highest BCUT2D eigenvalue weighted by Crippen LogP contribution is 2.34. The van der Waals surface area contributed by atoms with E-state index in [9.17, 15) is 9.18 Å². The number of anilines is 1. The summed E-state index contributed by atoms with van der Waals surface area (Å²) in [4.78, 5) is 18.6. The van der Waals surface area contributed by atoms with Crippen molar-refractivity contribution in [2.45, 2.75) is 19.3 Å². The maximum Gasteiger partial charge on any atom is 0.232 e. The summed E-state index contributed by atoms with van der Waals surface area (Å²) in [6.07, 6.45) is 0.289. The van der Waals surface area contributed by atoms with Crippen LogP contribution in [0.25, 0.3) is 11.4 Å². The third-order valence-electron chi connectivity index (χ3n) is 4.48. The van der Waals surface area contributed by atoms with Crippen LogP contribution in [0.3, 0.4) is 0 Å². The highest BCUT2D eigenvalue weighted by molar-refractivity contribution is 6.31. The SMILES string of the molecule is Cc1ccc(Cl)cc1N1CC(c2nc(-c3ccc(F)cc3)no2)CC1=O. The standard InChI is InChI=1S/C19H15ClFN3O2/c1-11-2-5-14(20)9-16(11)24-10-13(8-17(24)25)19-22-18(23-26-19)12-3-6-15(21)7-4-12/h2-7,9,13H,8,10H2,1H3. The second-order valence-electron chi connectivity index (χ2n) is 6.30. The molecule has 26 heavy (non-hydrogen) atoms. The lowest BCUT2D eigenvalue weighted by atomic mass is 10.1. The summed E-state index contributed by atoms with van der Waals surface area (Å²) < 4.78 is 18.4. The molecule has 7 heteroatoms. The van der Waals surface area contributed by atoms with Gasteiger partial charge in [0, 0.05) is 29.2 Å². The molecular formula is C19H15ClFN3O2. The Hall–Kier alpha value is -2.73. The second-order valence-corrected chi connectivity index (χ2v) is 6.74. The lowest BCUT2D eigenvalue weighted by Crippen LogP contribution is -2.25. The lowest BCUT2D eigenvalue weighted by Gasteiger charge is -2.18. The Labute approximate surface area is 154 Å². The molecular weight excluding hydrogens is 357 g/mol. The predicted octanol–water partition coefficient (Wildman–Crippen LogP) is 4.36. The first kappa shape index (κ1) is 16.7. The van der Waals surface area contributed by atoms with Crippen LogP contribution >= 0.6 is 11.6 Å². The molecule has 0 radical (unpaired) electrons. The molecule has 1 atom stereocenters. The fourth-order valence-electron chi connectivity index (χ4n) is 3.10. The molecule has 1 aliphatic rings. The first-order valence-corrected chi connectivity index (χ1v) is 8.55. The van der Waals surface area contributed by atoms with Crippen molar-refractivity contribution in [1.82, 2.24) is 10.1 Å². The van der Waals surface area contributed by atoms with Crippen molar-refractivity contribution in [1.29, 1.82) is 0 Å². The fraction of sp³-hybridized carbons (Fsp3) is 0.211. The van der Waals surface area contributed by atoms with Gasteiger partial charge in [0.1, 0.15) is 5.82 Å². The minimum atomic E-state index is -0.327. The lowest BCUT2D eigenvalue weighted by molar-refractivity contribution is -0.117. The minimum absolute atomic E-state index is 0.0121. The molecule has 2 aromatic carbocycles. The number of benzene rings is 2. The van der Waals surface area contributed by atoms with Crippen LogP contribution in [0.2, 0.25) is 5.02 Å². The zero-order chi connectivity index (χ0) is 18.3. The third-order valence-corrected chi connectivity index (χ3v) is 4.72. The smallest absolute Gasteiger partial charge is 0.232 e. The molecule has 1 saturated heterocycles. The third kappa shape index (κ3) is 3.08. The van der Waals surface area contributed by atoms with Crippen molar-refractivity contribution in [2.24, 2.45) is 0 Å². The Balaban J connectivity index is 1.58. The molecule has 3 aromatic rings. The number of rotatable bonds is 3. The first-order chi connectivity index (χ1) is 12.5. The molecule has 4 rings (SSSR count). The van der Waals surface area contributed by atoms with E-state index < -0.39 is 0 Å². The normalized spacial score (nSPS) is 17.1. The molecule has 1 amide bonds. The number of hydrogen-bond acceptors (Lipinski definition) is 4. The zero-order valence-electron chi connectivity index (χ0n) is 13.9. The molecule has 5 nitrogen and oxygen atoms in total. The van der Waals surface area contributed by atoms with E-state index in [1.165, 1.54) is 12.1 Å². The summed E-state index contributed by atoms with van der Waals surface area (Å²) >= 11 is 6.07. The molecule has 132 valence electrons. The van der Waals surface area contributed by atoms with Gasteiger partial charge in [-0.25, -0.2) is 4.39 Å². The Bertz CT molecular complexity index is 971. The maximum absolute atomic E-state index is 13.0. The summed E-state index contributed by atoms with van der Waals surface area (Å²) in [6.45, 7) is 2.39. The Kier molecular flexibility index (Phi) is 4.20. The van der Waals surface area contributed by atoms with E-state index in [0.717, 1.165) is 11.3 Å². The summed E-state index contributed by atoms with van der Waals surface area (Å²) in [6, 6.07) is 11.3. The van der Waals surface area contributed by atoms with Gasteiger partial charge in [0.05, 0.1) is 5.92 Å². The summed E-state index contributed by atoms with van der Waals surface area (Å²) in [7, 11) is 0. The largest absolute Gasteiger partial charge is 0.339 e. The Morgan fingerprint density at radius 2 is 2.00 bits per heavy atom. The van der Waals surface area contributed by atoms with Crippen molar-refractivity contribution < 1.29 is 13.7 Å². The molecule has 1 fully saturated rings. The van der Waals surface area contributed by atoms with Gasteiger partial charge in [0.2, 0.25) is 17.6 Å². The van der Waals surface area contributed by atoms with Gasteiger partial charge in [-0.3, -0.25) is 4.79 Å². The van der Waals surface area contributed by atoms with Crippen LogP contribution in [0.5, 0.6) is 0 Å². The Morgan fingerprint density at radius 1 is 1.23 bits per heavy atom. The van der Waals surface area contributed by atoms with Crippen molar-refractivity contribution in [3.8, 4) is 11.4 Å². The van der Waals surface area contributed by atoms with Crippen LogP contribution in [0.15, 0.2) is 47.0 Å². The fourth-order valence-corrected chi connectivity index (χ4v) is 3.26. The highest BCUT2D eigenvalue weighted by atomic mass is 35.5. The van der Waals surface area contributed by atoms with Crippen molar-refractivity contribution in [3.63, 3.8) is 0 Å². The predicted molar refractivity (Wildman–Crippen MR) is 95.6 cm³/mol. The average Bonchev–Trinajstić information content (AvgIpc) is 3.25. The molecule has 1 aromatic heterocycles. The second kappa shape index (κ2) is 6.53. The minimum Gasteiger partial charge on any atom is -0.339 e. The monoisotopic (exact) mass is 371 g/mol. The van der Waals surface area contributed by atoms with Gasteiger partial charge < -0.3 is 9.42 Å². The molecule has 2 heterocycles. The van der Waals surface area contributed by atoms with Crippen LogP contribution < -0.4 is 4.90 Å². The average molecular weight is 372 g/mol. The van der Waals surface area contributed by atoms with E-state index in [2.05, 4.69) is 10.1 Å². The molecule has 0 N–H and O–H groups in total. The number of carbonyl (C=O) groups excluding carboxylic acids is 1. The van der Waals surface area contributed by atoms with E-state index in [1.54, 1.807) is 29.2 Å². The molecule has 0 bridgehead atoms. The van der Waals surface area contributed by atoms with Crippen LogP contribution in [0.4, 0.5) is 10.1 Å². The van der Waals surface area contributed by atoms with Gasteiger partial charge in [-0.15, -0.1) is 0 Å². The van der Waals surface area contributed by atoms with Gasteiger partial charge in [0.15, 0.2) is 0 Å². The Morgan fingerprint density at radius 3 is 2.77 bits per heavy atom. The molecule has 0 aliphatic carbocycles. The van der Waals surface area contributed by atoms with Crippen LogP contribution in [0, 0.1) is 12.7 Å². The van der Waals surface area contributed by atoms with Crippen molar-refractivity contribution >= 4 is 23.2 Å². The number of halogens is 2. The van der Waals surface area contributed by atoms with Gasteiger partial charge in [-0.05, 0) is 48.9 Å². The van der Waals surface area contributed by atoms with Gasteiger partial charge >= 0.3 is 0 Å². The van der Waals surface area contributed by atoms with Crippen LogP contribution in [-0.4, -0.2) is 22.6 Å². The molecule has 0 saturated carbocycles. The maximum atomic E-state index is 13.0. The number of aromatic nitrogens is 2. The number of amides is 1. The summed E-state index contributed by atoms with van der Waals surface area (Å²) in [5.41, 5.74) is 2.43. The first-order valence-electron chi connectivity index (χ1n) is 8.17. The molecule has 0 spiro atoms. The van der Waals surface area contributed by atoms with Crippen LogP contribution in [0.1, 0.15) is 23.8 Å². The van der Waals surface area contributed by atoms with E-state index in [4.69, 9.17) is 16.1 Å². The number of hydrogen-bond donors (Lipinski definition) is 0. The van der Waals surface area contributed by atoms with Gasteiger partial charge in [-0.1, -0.05) is 22.8 Å².